The quantitative estimate of drug-likeness (QED) is 0.846. The van der Waals surface area contributed by atoms with Crippen molar-refractivity contribution in [2.45, 2.75) is 44.1 Å². The van der Waals surface area contributed by atoms with Crippen molar-refractivity contribution in [3.63, 3.8) is 0 Å². The van der Waals surface area contributed by atoms with Crippen LogP contribution in [0.1, 0.15) is 43.8 Å². The molecule has 0 saturated heterocycles. The average Bonchev–Trinajstić information content (AvgIpc) is 2.86. The second-order valence-electron chi connectivity index (χ2n) is 4.62. The van der Waals surface area contributed by atoms with E-state index < -0.39 is 0 Å². The largest absolute Gasteiger partial charge is 0.370 e. The molecule has 1 heterocycles. The van der Waals surface area contributed by atoms with Crippen LogP contribution in [0.3, 0.4) is 0 Å². The van der Waals surface area contributed by atoms with Crippen LogP contribution in [0.5, 0.6) is 0 Å². The fourth-order valence-corrected chi connectivity index (χ4v) is 2.42. The number of rotatable bonds is 5. The number of hydrogen-bond donors (Lipinski definition) is 1. The molecule has 5 heteroatoms. The van der Waals surface area contributed by atoms with Crippen LogP contribution in [0, 0.1) is 0 Å². The third kappa shape index (κ3) is 2.66. The smallest absolute Gasteiger partial charge is 0.228 e. The zero-order chi connectivity index (χ0) is 12.1. The summed E-state index contributed by atoms with van der Waals surface area (Å²) in [6.07, 6.45) is 6.38. The second kappa shape index (κ2) is 5.60. The summed E-state index contributed by atoms with van der Waals surface area (Å²) in [6, 6.07) is 0. The van der Waals surface area contributed by atoms with Crippen molar-refractivity contribution in [3.05, 3.63) is 11.7 Å². The molecule has 0 atom stereocenters. The second-order valence-corrected chi connectivity index (χ2v) is 4.62. The lowest BCUT2D eigenvalue weighted by molar-refractivity contribution is -0.0527. The molecule has 1 aliphatic carbocycles. The van der Waals surface area contributed by atoms with Gasteiger partial charge in [0.05, 0.1) is 0 Å². The molecule has 0 bridgehead atoms. The lowest BCUT2D eigenvalue weighted by atomic mass is 9.84. The summed E-state index contributed by atoms with van der Waals surface area (Å²) in [7, 11) is 3.66. The molecule has 17 heavy (non-hydrogen) atoms. The Morgan fingerprint density at radius 1 is 1.35 bits per heavy atom. The zero-order valence-corrected chi connectivity index (χ0v) is 10.7. The Bertz CT molecular complexity index is 345. The van der Waals surface area contributed by atoms with Crippen LogP contribution in [0.4, 0.5) is 0 Å². The van der Waals surface area contributed by atoms with Gasteiger partial charge in [-0.05, 0) is 19.9 Å². The van der Waals surface area contributed by atoms with E-state index in [1.807, 2.05) is 7.05 Å². The Hall–Kier alpha value is -0.940. The van der Waals surface area contributed by atoms with E-state index in [1.165, 1.54) is 19.3 Å². The van der Waals surface area contributed by atoms with Gasteiger partial charge in [-0.25, -0.2) is 0 Å². The molecule has 0 unspecified atom stereocenters. The van der Waals surface area contributed by atoms with Gasteiger partial charge in [0.15, 0.2) is 0 Å². The molecule has 0 amide bonds. The number of likely N-dealkylation sites (N-methyl/N-ethyl adjacent to an activating group) is 1. The first-order chi connectivity index (χ1) is 8.30. The molecule has 96 valence electrons. The molecule has 1 aromatic rings. The average molecular weight is 239 g/mol. The van der Waals surface area contributed by atoms with Crippen LogP contribution in [0.25, 0.3) is 0 Å². The topological polar surface area (TPSA) is 60.2 Å². The van der Waals surface area contributed by atoms with Crippen molar-refractivity contribution in [2.24, 2.45) is 0 Å². The summed E-state index contributed by atoms with van der Waals surface area (Å²) >= 11 is 0. The van der Waals surface area contributed by atoms with Gasteiger partial charge in [-0.2, -0.15) is 4.98 Å². The van der Waals surface area contributed by atoms with E-state index in [1.54, 1.807) is 7.11 Å². The highest BCUT2D eigenvalue weighted by atomic mass is 16.5. The van der Waals surface area contributed by atoms with E-state index in [0.29, 0.717) is 5.89 Å². The molecule has 0 aromatic carbocycles. The highest BCUT2D eigenvalue weighted by Crippen LogP contribution is 2.38. The summed E-state index contributed by atoms with van der Waals surface area (Å²) in [6.45, 7) is 0.849. The fourth-order valence-electron chi connectivity index (χ4n) is 2.42. The first-order valence-corrected chi connectivity index (χ1v) is 6.33. The van der Waals surface area contributed by atoms with Crippen LogP contribution in [-0.2, 0) is 16.8 Å². The Kier molecular flexibility index (Phi) is 4.12. The Morgan fingerprint density at radius 2 is 2.12 bits per heavy atom. The van der Waals surface area contributed by atoms with Crippen molar-refractivity contribution in [1.29, 1.82) is 0 Å². The van der Waals surface area contributed by atoms with Crippen molar-refractivity contribution >= 4 is 0 Å². The number of methoxy groups -OCH3 is 1. The van der Waals surface area contributed by atoms with Crippen LogP contribution in [0.2, 0.25) is 0 Å². The zero-order valence-electron chi connectivity index (χ0n) is 10.7. The molecule has 0 radical (unpaired) electrons. The molecular weight excluding hydrogens is 218 g/mol. The lowest BCUT2D eigenvalue weighted by Gasteiger charge is -2.32. The summed E-state index contributed by atoms with van der Waals surface area (Å²) in [5.41, 5.74) is -0.306. The van der Waals surface area contributed by atoms with Gasteiger partial charge in [-0.1, -0.05) is 24.4 Å². The maximum absolute atomic E-state index is 5.68. The highest BCUT2D eigenvalue weighted by molar-refractivity contribution is 5.03. The maximum atomic E-state index is 5.68. The highest BCUT2D eigenvalue weighted by Gasteiger charge is 2.38. The lowest BCUT2D eigenvalue weighted by Crippen LogP contribution is -2.32. The summed E-state index contributed by atoms with van der Waals surface area (Å²) in [4.78, 5) is 4.47. The minimum Gasteiger partial charge on any atom is -0.370 e. The monoisotopic (exact) mass is 239 g/mol. The number of hydrogen-bond acceptors (Lipinski definition) is 5. The molecule has 1 aromatic heterocycles. The standard InChI is InChI=1S/C12H21N3O2/c1-13-9-6-10-14-11(15-17-10)12(16-2)7-4-3-5-8-12/h13H,3-9H2,1-2H3. The summed E-state index contributed by atoms with van der Waals surface area (Å²) in [5.74, 6) is 1.42. The summed E-state index contributed by atoms with van der Waals surface area (Å²) in [5, 5.41) is 7.17. The SMILES string of the molecule is CNCCc1nc(C2(OC)CCCCC2)no1. The molecule has 1 N–H and O–H groups in total. The number of aromatic nitrogens is 2. The molecule has 1 fully saturated rings. The maximum Gasteiger partial charge on any atom is 0.228 e. The van der Waals surface area contributed by atoms with Crippen LogP contribution < -0.4 is 5.32 Å². The van der Waals surface area contributed by atoms with Gasteiger partial charge in [0, 0.05) is 20.1 Å². The molecule has 0 aliphatic heterocycles. The van der Waals surface area contributed by atoms with E-state index in [9.17, 15) is 0 Å². The third-order valence-corrected chi connectivity index (χ3v) is 3.52. The van der Waals surface area contributed by atoms with Gasteiger partial charge in [0.1, 0.15) is 5.60 Å². The minimum absolute atomic E-state index is 0.306. The van der Waals surface area contributed by atoms with E-state index in [2.05, 4.69) is 15.5 Å². The first kappa shape index (κ1) is 12.5. The van der Waals surface area contributed by atoms with Gasteiger partial charge in [-0.15, -0.1) is 0 Å². The predicted octanol–water partition coefficient (Wildman–Crippen LogP) is 1.64. The Morgan fingerprint density at radius 3 is 2.76 bits per heavy atom. The first-order valence-electron chi connectivity index (χ1n) is 6.33. The van der Waals surface area contributed by atoms with Gasteiger partial charge >= 0.3 is 0 Å². The van der Waals surface area contributed by atoms with Crippen molar-refractivity contribution in [1.82, 2.24) is 15.5 Å². The van der Waals surface area contributed by atoms with E-state index in [0.717, 1.165) is 31.6 Å². The number of nitrogens with zero attached hydrogens (tertiary/aromatic N) is 2. The van der Waals surface area contributed by atoms with Gasteiger partial charge in [-0.3, -0.25) is 0 Å². The molecular formula is C12H21N3O2. The van der Waals surface area contributed by atoms with Gasteiger partial charge in [0.25, 0.3) is 0 Å². The third-order valence-electron chi connectivity index (χ3n) is 3.52. The van der Waals surface area contributed by atoms with Crippen LogP contribution >= 0.6 is 0 Å². The number of ether oxygens (including phenoxy) is 1. The number of nitrogens with one attached hydrogen (secondary N) is 1. The van der Waals surface area contributed by atoms with Gasteiger partial charge < -0.3 is 14.6 Å². The molecule has 5 nitrogen and oxygen atoms in total. The van der Waals surface area contributed by atoms with Crippen LogP contribution in [-0.4, -0.2) is 30.8 Å². The van der Waals surface area contributed by atoms with Crippen molar-refractivity contribution < 1.29 is 9.26 Å². The molecule has 0 spiro atoms. The van der Waals surface area contributed by atoms with E-state index in [4.69, 9.17) is 9.26 Å². The minimum atomic E-state index is -0.306. The Labute approximate surface area is 102 Å². The normalized spacial score (nSPS) is 19.4. The Balaban J connectivity index is 2.10. The van der Waals surface area contributed by atoms with Gasteiger partial charge in [0.2, 0.25) is 11.7 Å². The van der Waals surface area contributed by atoms with E-state index in [-0.39, 0.29) is 5.60 Å². The summed E-state index contributed by atoms with van der Waals surface area (Å²) < 4.78 is 10.9. The van der Waals surface area contributed by atoms with Crippen molar-refractivity contribution in [2.75, 3.05) is 20.7 Å². The fraction of sp³-hybridized carbons (Fsp3) is 0.833. The molecule has 1 saturated carbocycles. The predicted molar refractivity (Wildman–Crippen MR) is 63.7 cm³/mol. The van der Waals surface area contributed by atoms with E-state index >= 15 is 0 Å². The molecule has 1 aliphatic rings. The molecule has 2 rings (SSSR count). The van der Waals surface area contributed by atoms with Crippen LogP contribution in [0.15, 0.2) is 4.52 Å². The van der Waals surface area contributed by atoms with Crippen molar-refractivity contribution in [3.8, 4) is 0 Å².